The zero-order valence-electron chi connectivity index (χ0n) is 14.4. The van der Waals surface area contributed by atoms with E-state index in [4.69, 9.17) is 17.3 Å². The molecule has 0 radical (unpaired) electrons. The Morgan fingerprint density at radius 2 is 1.70 bits per heavy atom. The Hall–Kier alpha value is -3.31. The van der Waals surface area contributed by atoms with Gasteiger partial charge in [0.05, 0.1) is 5.52 Å². The zero-order chi connectivity index (χ0) is 18.8. The summed E-state index contributed by atoms with van der Waals surface area (Å²) in [4.78, 5) is 12.6. The molecule has 1 aromatic heterocycles. The van der Waals surface area contributed by atoms with E-state index in [1.54, 1.807) is 18.2 Å². The second-order valence-electron chi connectivity index (χ2n) is 6.25. The number of aromatic nitrogens is 2. The van der Waals surface area contributed by atoms with Gasteiger partial charge in [0.2, 0.25) is 0 Å². The molecule has 6 heteroatoms. The number of nitrogens with one attached hydrogen (secondary N) is 1. The van der Waals surface area contributed by atoms with E-state index in [1.807, 2.05) is 42.5 Å². The number of rotatable bonds is 3. The van der Waals surface area contributed by atoms with Crippen molar-refractivity contribution in [2.24, 2.45) is 0 Å². The van der Waals surface area contributed by atoms with Gasteiger partial charge in [-0.3, -0.25) is 0 Å². The van der Waals surface area contributed by atoms with Crippen LogP contribution in [0.3, 0.4) is 0 Å². The van der Waals surface area contributed by atoms with Crippen LogP contribution in [0, 0.1) is 0 Å². The van der Waals surface area contributed by atoms with E-state index in [2.05, 4.69) is 22.5 Å². The highest BCUT2D eigenvalue weighted by atomic mass is 35.5. The summed E-state index contributed by atoms with van der Waals surface area (Å²) in [5.74, 6) is 0.265. The van der Waals surface area contributed by atoms with Crippen LogP contribution in [0.25, 0.3) is 10.9 Å². The van der Waals surface area contributed by atoms with Crippen LogP contribution in [0.2, 0.25) is 5.02 Å². The van der Waals surface area contributed by atoms with Gasteiger partial charge in [0.15, 0.2) is 5.82 Å². The number of nitrogens with two attached hydrogens (primary N) is 1. The predicted molar refractivity (Wildman–Crippen MR) is 109 cm³/mol. The normalized spacial score (nSPS) is 10.9. The van der Waals surface area contributed by atoms with Gasteiger partial charge in [-0.1, -0.05) is 54.1 Å². The molecule has 0 atom stereocenters. The Balaban J connectivity index is 1.52. The maximum absolute atomic E-state index is 12.6. The molecule has 4 aromatic rings. The van der Waals surface area contributed by atoms with Crippen molar-refractivity contribution in [1.29, 1.82) is 0 Å². The van der Waals surface area contributed by atoms with Gasteiger partial charge < -0.3 is 11.1 Å². The third-order valence-corrected chi connectivity index (χ3v) is 4.55. The number of amides is 1. The molecule has 0 aliphatic carbocycles. The molecule has 3 N–H and O–H groups in total. The second kappa shape index (κ2) is 7.13. The molecule has 27 heavy (non-hydrogen) atoms. The molecule has 1 amide bonds. The standard InChI is InChI=1S/C21H17ClN4O/c22-16-8-11-19-18(13-16)20(23)25-26(19)21(27)24-17-9-6-15(7-10-17)12-14-4-2-1-3-5-14/h1-11,13H,12H2,(H2,23,25)(H,24,27). The predicted octanol–water partition coefficient (Wildman–Crippen LogP) is 4.94. The minimum absolute atomic E-state index is 0.265. The van der Waals surface area contributed by atoms with Crippen LogP contribution in [0.5, 0.6) is 0 Å². The minimum atomic E-state index is -0.380. The van der Waals surface area contributed by atoms with Crippen molar-refractivity contribution >= 4 is 40.0 Å². The van der Waals surface area contributed by atoms with E-state index >= 15 is 0 Å². The number of nitrogen functional groups attached to an aromatic ring is 1. The van der Waals surface area contributed by atoms with Crippen LogP contribution in [-0.2, 0) is 6.42 Å². The number of carbonyl (C=O) groups excluding carboxylic acids is 1. The van der Waals surface area contributed by atoms with Crippen molar-refractivity contribution in [3.8, 4) is 0 Å². The lowest BCUT2D eigenvalue weighted by molar-refractivity contribution is 0.252. The van der Waals surface area contributed by atoms with E-state index in [1.165, 1.54) is 15.8 Å². The summed E-state index contributed by atoms with van der Waals surface area (Å²) >= 11 is 5.99. The first-order valence-corrected chi connectivity index (χ1v) is 8.86. The van der Waals surface area contributed by atoms with Crippen molar-refractivity contribution in [1.82, 2.24) is 9.78 Å². The topological polar surface area (TPSA) is 72.9 Å². The molecule has 0 aliphatic rings. The molecule has 134 valence electrons. The number of carbonyl (C=O) groups is 1. The van der Waals surface area contributed by atoms with E-state index in [0.717, 1.165) is 6.42 Å². The minimum Gasteiger partial charge on any atom is -0.382 e. The summed E-state index contributed by atoms with van der Waals surface area (Å²) in [7, 11) is 0. The van der Waals surface area contributed by atoms with Gasteiger partial charge in [-0.15, -0.1) is 5.10 Å². The lowest BCUT2D eigenvalue weighted by Gasteiger charge is -2.07. The molecule has 0 saturated carbocycles. The highest BCUT2D eigenvalue weighted by Crippen LogP contribution is 2.24. The summed E-state index contributed by atoms with van der Waals surface area (Å²) in [6.07, 6.45) is 0.843. The Kier molecular flexibility index (Phi) is 4.52. The van der Waals surface area contributed by atoms with Crippen molar-refractivity contribution in [2.75, 3.05) is 11.1 Å². The summed E-state index contributed by atoms with van der Waals surface area (Å²) in [5, 5.41) is 8.16. The van der Waals surface area contributed by atoms with Gasteiger partial charge in [-0.05, 0) is 47.9 Å². The van der Waals surface area contributed by atoms with Crippen LogP contribution in [0.15, 0.2) is 72.8 Å². The first-order valence-electron chi connectivity index (χ1n) is 8.48. The van der Waals surface area contributed by atoms with Crippen molar-refractivity contribution < 1.29 is 4.79 Å². The van der Waals surface area contributed by atoms with Crippen LogP contribution in [0.1, 0.15) is 11.1 Å². The average molecular weight is 377 g/mol. The zero-order valence-corrected chi connectivity index (χ0v) is 15.1. The van der Waals surface area contributed by atoms with Crippen LogP contribution in [0.4, 0.5) is 16.3 Å². The van der Waals surface area contributed by atoms with Gasteiger partial charge in [0, 0.05) is 16.1 Å². The van der Waals surface area contributed by atoms with E-state index in [0.29, 0.717) is 21.6 Å². The maximum atomic E-state index is 12.6. The van der Waals surface area contributed by atoms with E-state index in [-0.39, 0.29) is 11.8 Å². The molecule has 3 aromatic carbocycles. The summed E-state index contributed by atoms with van der Waals surface area (Å²) in [6.45, 7) is 0. The molecule has 0 unspecified atom stereocenters. The Bertz CT molecular complexity index is 1100. The quantitative estimate of drug-likeness (QED) is 0.531. The third kappa shape index (κ3) is 3.64. The summed E-state index contributed by atoms with van der Waals surface area (Å²) < 4.78 is 1.25. The number of fused-ring (bicyclic) bond motifs is 1. The van der Waals surface area contributed by atoms with Crippen molar-refractivity contribution in [3.63, 3.8) is 0 Å². The van der Waals surface area contributed by atoms with Gasteiger partial charge >= 0.3 is 6.03 Å². The van der Waals surface area contributed by atoms with Crippen LogP contribution in [-0.4, -0.2) is 15.8 Å². The molecule has 4 rings (SSSR count). The largest absolute Gasteiger partial charge is 0.382 e. The molecule has 0 saturated heterocycles. The number of benzene rings is 3. The van der Waals surface area contributed by atoms with Crippen LogP contribution < -0.4 is 11.1 Å². The number of halogens is 1. The van der Waals surface area contributed by atoms with Gasteiger partial charge in [-0.25, -0.2) is 4.79 Å². The molecule has 5 nitrogen and oxygen atoms in total. The molecular formula is C21H17ClN4O. The summed E-state index contributed by atoms with van der Waals surface area (Å²) in [5.41, 5.74) is 9.61. The number of nitrogens with zero attached hydrogens (tertiary/aromatic N) is 2. The van der Waals surface area contributed by atoms with Gasteiger partial charge in [0.1, 0.15) is 0 Å². The second-order valence-corrected chi connectivity index (χ2v) is 6.68. The number of anilines is 2. The fraction of sp³-hybridized carbons (Fsp3) is 0.0476. The lowest BCUT2D eigenvalue weighted by Crippen LogP contribution is -2.20. The van der Waals surface area contributed by atoms with Gasteiger partial charge in [-0.2, -0.15) is 4.68 Å². The fourth-order valence-electron chi connectivity index (χ4n) is 2.98. The third-order valence-electron chi connectivity index (χ3n) is 4.32. The first kappa shape index (κ1) is 17.1. The maximum Gasteiger partial charge on any atom is 0.347 e. The summed E-state index contributed by atoms with van der Waals surface area (Å²) in [6, 6.07) is 22.7. The monoisotopic (exact) mass is 376 g/mol. The van der Waals surface area contributed by atoms with Gasteiger partial charge in [0.25, 0.3) is 0 Å². The van der Waals surface area contributed by atoms with E-state index < -0.39 is 0 Å². The fourth-order valence-corrected chi connectivity index (χ4v) is 3.15. The molecular weight excluding hydrogens is 360 g/mol. The van der Waals surface area contributed by atoms with Crippen LogP contribution >= 0.6 is 11.6 Å². The smallest absolute Gasteiger partial charge is 0.347 e. The molecule has 0 bridgehead atoms. The van der Waals surface area contributed by atoms with Crippen molar-refractivity contribution in [3.05, 3.63) is 88.9 Å². The lowest BCUT2D eigenvalue weighted by atomic mass is 10.0. The Labute approximate surface area is 161 Å². The Morgan fingerprint density at radius 3 is 2.44 bits per heavy atom. The highest BCUT2D eigenvalue weighted by Gasteiger charge is 2.14. The average Bonchev–Trinajstić information content (AvgIpc) is 3.00. The number of hydrogen-bond donors (Lipinski definition) is 2. The number of hydrogen-bond acceptors (Lipinski definition) is 3. The Morgan fingerprint density at radius 1 is 1.00 bits per heavy atom. The highest BCUT2D eigenvalue weighted by molar-refractivity contribution is 6.31. The molecule has 0 fully saturated rings. The SMILES string of the molecule is Nc1nn(C(=O)Nc2ccc(Cc3ccccc3)cc2)c2ccc(Cl)cc12. The van der Waals surface area contributed by atoms with E-state index in [9.17, 15) is 4.79 Å². The molecule has 0 spiro atoms. The first-order chi connectivity index (χ1) is 13.1. The molecule has 0 aliphatic heterocycles. The van der Waals surface area contributed by atoms with Crippen molar-refractivity contribution in [2.45, 2.75) is 6.42 Å². The molecule has 1 heterocycles.